The van der Waals surface area contributed by atoms with E-state index in [1.54, 1.807) is 0 Å². The predicted octanol–water partition coefficient (Wildman–Crippen LogP) is 2.60. The van der Waals surface area contributed by atoms with E-state index >= 15 is 0 Å². The number of benzene rings is 1. The lowest BCUT2D eigenvalue weighted by Gasteiger charge is -2.05. The smallest absolute Gasteiger partial charge is 0.339 e. The average molecular weight is 208 g/mol. The summed E-state index contributed by atoms with van der Waals surface area (Å²) in [6.45, 7) is 0. The van der Waals surface area contributed by atoms with Gasteiger partial charge < -0.3 is 5.11 Å². The lowest BCUT2D eigenvalue weighted by atomic mass is 10.1. The fourth-order valence-corrected chi connectivity index (χ4v) is 0.991. The zero-order valence-electron chi connectivity index (χ0n) is 6.60. The summed E-state index contributed by atoms with van der Waals surface area (Å²) < 4.78 is 49.5. The number of carbonyl (C=O) groups is 1. The van der Waals surface area contributed by atoms with Crippen molar-refractivity contribution < 1.29 is 27.5 Å². The van der Waals surface area contributed by atoms with Gasteiger partial charge >= 0.3 is 5.97 Å². The summed E-state index contributed by atoms with van der Waals surface area (Å²) >= 11 is 0. The first-order valence-electron chi connectivity index (χ1n) is 3.44. The van der Waals surface area contributed by atoms with E-state index < -0.39 is 35.2 Å². The van der Waals surface area contributed by atoms with E-state index in [0.29, 0.717) is 6.07 Å². The highest BCUT2D eigenvalue weighted by molar-refractivity contribution is 5.89. The van der Waals surface area contributed by atoms with Gasteiger partial charge in [0.2, 0.25) is 0 Å². The van der Waals surface area contributed by atoms with Gasteiger partial charge in [-0.3, -0.25) is 0 Å². The van der Waals surface area contributed by atoms with Crippen LogP contribution in [0.4, 0.5) is 17.6 Å². The zero-order chi connectivity index (χ0) is 10.9. The molecule has 0 aliphatic heterocycles. The Labute approximate surface area is 75.8 Å². The van der Waals surface area contributed by atoms with E-state index in [1.807, 2.05) is 0 Å². The summed E-state index contributed by atoms with van der Waals surface area (Å²) in [6, 6.07) is 0.548. The highest BCUT2D eigenvalue weighted by Gasteiger charge is 2.23. The molecule has 0 atom stereocenters. The highest BCUT2D eigenvalue weighted by atomic mass is 19.3. The van der Waals surface area contributed by atoms with Gasteiger partial charge in [0.25, 0.3) is 6.43 Å². The number of carboxylic acid groups (broad SMARTS) is 1. The predicted molar refractivity (Wildman–Crippen MR) is 38.3 cm³/mol. The van der Waals surface area contributed by atoms with Gasteiger partial charge in [-0.05, 0) is 6.07 Å². The molecular formula is C8H4F4O2. The van der Waals surface area contributed by atoms with Crippen LogP contribution in [0.5, 0.6) is 0 Å². The van der Waals surface area contributed by atoms with E-state index in [9.17, 15) is 22.4 Å². The summed E-state index contributed by atoms with van der Waals surface area (Å²) in [5, 5.41) is 8.39. The van der Waals surface area contributed by atoms with Crippen molar-refractivity contribution in [2.24, 2.45) is 0 Å². The molecule has 0 aliphatic carbocycles. The highest BCUT2D eigenvalue weighted by Crippen LogP contribution is 2.26. The Hall–Kier alpha value is -1.59. The third-order valence-corrected chi connectivity index (χ3v) is 1.53. The van der Waals surface area contributed by atoms with E-state index in [2.05, 4.69) is 0 Å². The number of carboxylic acids is 1. The van der Waals surface area contributed by atoms with Gasteiger partial charge in [-0.1, -0.05) is 0 Å². The number of halogens is 4. The van der Waals surface area contributed by atoms with Crippen molar-refractivity contribution in [3.63, 3.8) is 0 Å². The van der Waals surface area contributed by atoms with E-state index in [4.69, 9.17) is 5.11 Å². The minimum absolute atomic E-state index is 0.245. The van der Waals surface area contributed by atoms with Crippen LogP contribution in [0, 0.1) is 11.6 Å². The molecule has 76 valence electrons. The second-order valence-electron chi connectivity index (χ2n) is 2.46. The van der Waals surface area contributed by atoms with E-state index in [0.717, 1.165) is 0 Å². The Kier molecular flexibility index (Phi) is 2.73. The van der Waals surface area contributed by atoms with Crippen molar-refractivity contribution in [2.75, 3.05) is 0 Å². The molecule has 0 saturated carbocycles. The molecular weight excluding hydrogens is 204 g/mol. The zero-order valence-corrected chi connectivity index (χ0v) is 6.60. The largest absolute Gasteiger partial charge is 0.478 e. The molecule has 0 amide bonds. The fourth-order valence-electron chi connectivity index (χ4n) is 0.991. The minimum Gasteiger partial charge on any atom is -0.478 e. The molecule has 1 aromatic rings. The van der Waals surface area contributed by atoms with Crippen LogP contribution < -0.4 is 0 Å². The molecule has 1 aromatic carbocycles. The van der Waals surface area contributed by atoms with Gasteiger partial charge in [-0.15, -0.1) is 0 Å². The Morgan fingerprint density at radius 3 is 2.29 bits per heavy atom. The molecule has 0 heterocycles. The molecule has 2 nitrogen and oxygen atoms in total. The molecule has 0 radical (unpaired) electrons. The third-order valence-electron chi connectivity index (χ3n) is 1.53. The molecule has 0 saturated heterocycles. The van der Waals surface area contributed by atoms with Crippen molar-refractivity contribution in [2.45, 2.75) is 6.43 Å². The van der Waals surface area contributed by atoms with Crippen LogP contribution in [0.2, 0.25) is 0 Å². The number of hydrogen-bond acceptors (Lipinski definition) is 1. The van der Waals surface area contributed by atoms with Gasteiger partial charge in [0, 0.05) is 11.6 Å². The lowest BCUT2D eigenvalue weighted by molar-refractivity contribution is 0.0678. The minimum atomic E-state index is -3.23. The summed E-state index contributed by atoms with van der Waals surface area (Å²) in [7, 11) is 0. The molecule has 0 bridgehead atoms. The third kappa shape index (κ3) is 1.84. The second kappa shape index (κ2) is 3.65. The Bertz CT molecular complexity index is 376. The first kappa shape index (κ1) is 10.5. The van der Waals surface area contributed by atoms with Crippen LogP contribution in [0.3, 0.4) is 0 Å². The number of hydrogen-bond donors (Lipinski definition) is 1. The summed E-state index contributed by atoms with van der Waals surface area (Å²) in [5.41, 5.74) is -2.35. The van der Waals surface area contributed by atoms with Gasteiger partial charge in [-0.2, -0.15) is 0 Å². The van der Waals surface area contributed by atoms with Gasteiger partial charge in [0.15, 0.2) is 0 Å². The quantitative estimate of drug-likeness (QED) is 0.758. The van der Waals surface area contributed by atoms with E-state index in [1.165, 1.54) is 0 Å². The molecule has 0 aliphatic rings. The first-order chi connectivity index (χ1) is 6.43. The fraction of sp³-hybridized carbons (Fsp3) is 0.125. The number of rotatable bonds is 2. The maximum atomic E-state index is 12.8. The maximum absolute atomic E-state index is 12.8. The average Bonchev–Trinajstić information content (AvgIpc) is 2.01. The number of alkyl halides is 2. The van der Waals surface area contributed by atoms with Crippen LogP contribution in [0.25, 0.3) is 0 Å². The normalized spacial score (nSPS) is 10.6. The number of aromatic carboxylic acids is 1. The maximum Gasteiger partial charge on any atom is 0.339 e. The van der Waals surface area contributed by atoms with Gasteiger partial charge in [0.05, 0.1) is 0 Å². The summed E-state index contributed by atoms with van der Waals surface area (Å²) in [6.07, 6.45) is -3.23. The molecule has 0 aromatic heterocycles. The van der Waals surface area contributed by atoms with Gasteiger partial charge in [0.1, 0.15) is 17.2 Å². The molecule has 0 unspecified atom stereocenters. The van der Waals surface area contributed by atoms with Crippen molar-refractivity contribution in [1.29, 1.82) is 0 Å². The Balaban J connectivity index is 3.44. The van der Waals surface area contributed by atoms with Crippen LogP contribution in [-0.2, 0) is 0 Å². The molecule has 6 heteroatoms. The van der Waals surface area contributed by atoms with Crippen molar-refractivity contribution >= 4 is 5.97 Å². The van der Waals surface area contributed by atoms with Crippen LogP contribution in [0.1, 0.15) is 22.3 Å². The Morgan fingerprint density at radius 1 is 1.29 bits per heavy atom. The SMILES string of the molecule is O=C(O)c1c(F)cc(F)cc1C(F)F. The molecule has 1 rings (SSSR count). The van der Waals surface area contributed by atoms with Crippen molar-refractivity contribution in [3.05, 3.63) is 34.9 Å². The van der Waals surface area contributed by atoms with Crippen LogP contribution in [-0.4, -0.2) is 11.1 Å². The molecule has 14 heavy (non-hydrogen) atoms. The lowest BCUT2D eigenvalue weighted by Crippen LogP contribution is -2.07. The first-order valence-corrected chi connectivity index (χ1v) is 3.44. The molecule has 0 spiro atoms. The second-order valence-corrected chi connectivity index (χ2v) is 2.46. The standard InChI is InChI=1S/C8H4F4O2/c9-3-1-4(7(11)12)6(8(13)14)5(10)2-3/h1-2,7H,(H,13,14). The van der Waals surface area contributed by atoms with Gasteiger partial charge in [-0.25, -0.2) is 22.4 Å². The molecule has 0 fully saturated rings. The summed E-state index contributed by atoms with van der Waals surface area (Å²) in [5.74, 6) is -4.59. The van der Waals surface area contributed by atoms with Crippen LogP contribution >= 0.6 is 0 Å². The van der Waals surface area contributed by atoms with E-state index in [-0.39, 0.29) is 6.07 Å². The topological polar surface area (TPSA) is 37.3 Å². The van der Waals surface area contributed by atoms with Crippen molar-refractivity contribution in [1.82, 2.24) is 0 Å². The summed E-state index contributed by atoms with van der Waals surface area (Å²) in [4.78, 5) is 10.4. The monoisotopic (exact) mass is 208 g/mol. The van der Waals surface area contributed by atoms with Crippen molar-refractivity contribution in [3.8, 4) is 0 Å². The van der Waals surface area contributed by atoms with Crippen LogP contribution in [0.15, 0.2) is 12.1 Å². The Morgan fingerprint density at radius 2 is 1.86 bits per heavy atom. The molecule has 1 N–H and O–H groups in total.